The van der Waals surface area contributed by atoms with E-state index in [0.29, 0.717) is 19.3 Å². The summed E-state index contributed by atoms with van der Waals surface area (Å²) in [6.07, 6.45) is 63.1. The summed E-state index contributed by atoms with van der Waals surface area (Å²) in [5.41, 5.74) is 0. The minimum atomic E-state index is -0.798. The van der Waals surface area contributed by atoms with Gasteiger partial charge in [0.05, 0.1) is 25.2 Å². The number of amides is 1. The molecule has 0 aromatic rings. The maximum atomic E-state index is 13.2. The number of rotatable bonds is 50. The van der Waals surface area contributed by atoms with Gasteiger partial charge in [-0.05, 0) is 77.0 Å². The normalized spacial score (nSPS) is 13.5. The fraction of sp³-hybridized carbons (Fsp3) is 0.828. The Morgan fingerprint density at radius 3 is 1.27 bits per heavy atom. The van der Waals surface area contributed by atoms with Crippen LogP contribution in [0.3, 0.4) is 0 Å². The van der Waals surface area contributed by atoms with Gasteiger partial charge in [0.25, 0.3) is 0 Å². The Morgan fingerprint density at radius 1 is 0.453 bits per heavy atom. The maximum absolute atomic E-state index is 13.2. The average Bonchev–Trinajstić information content (AvgIpc) is 3.29. The number of aliphatic hydroxyl groups excluding tert-OH is 2. The highest BCUT2D eigenvalue weighted by molar-refractivity contribution is 5.77. The zero-order valence-corrected chi connectivity index (χ0v) is 42.7. The molecule has 6 heteroatoms. The molecule has 1 amide bonds. The van der Waals surface area contributed by atoms with E-state index in [0.717, 1.165) is 70.6 Å². The molecule has 0 aromatic heterocycles. The highest BCUT2D eigenvalue weighted by atomic mass is 16.5. The van der Waals surface area contributed by atoms with E-state index in [2.05, 4.69) is 74.7 Å². The lowest BCUT2D eigenvalue weighted by Gasteiger charge is -2.24. The number of ether oxygens (including phenoxy) is 1. The molecular weight excluding hydrogens is 791 g/mol. The van der Waals surface area contributed by atoms with Crippen molar-refractivity contribution in [3.05, 3.63) is 48.6 Å². The van der Waals surface area contributed by atoms with Crippen molar-refractivity contribution >= 4 is 11.9 Å². The molecule has 374 valence electrons. The fourth-order valence-corrected chi connectivity index (χ4v) is 8.43. The van der Waals surface area contributed by atoms with Crippen LogP contribution in [-0.4, -0.2) is 46.9 Å². The van der Waals surface area contributed by atoms with Crippen LogP contribution in [0.5, 0.6) is 0 Å². The molecule has 0 aliphatic heterocycles. The Bertz CT molecular complexity index is 1100. The zero-order valence-electron chi connectivity index (χ0n) is 42.7. The fourth-order valence-electron chi connectivity index (χ4n) is 8.43. The molecule has 64 heavy (non-hydrogen) atoms. The molecule has 0 aliphatic rings. The number of hydrogen-bond acceptors (Lipinski definition) is 5. The van der Waals surface area contributed by atoms with Crippen LogP contribution in [0.1, 0.15) is 284 Å². The van der Waals surface area contributed by atoms with Crippen molar-refractivity contribution in [2.45, 2.75) is 302 Å². The average molecular weight is 898 g/mol. The van der Waals surface area contributed by atoms with Gasteiger partial charge in [0.15, 0.2) is 0 Å². The highest BCUT2D eigenvalue weighted by Gasteiger charge is 2.24. The number of carbonyl (C=O) groups is 2. The summed E-state index contributed by atoms with van der Waals surface area (Å²) < 4.78 is 5.94. The third-order valence-corrected chi connectivity index (χ3v) is 12.7. The SMILES string of the molecule is CCCCCC/C=C\CCCCCCCCCC(=O)OC(CCCCC/C=C/C=C/C=C/CCCCCCC)CC(=O)NC(CO)C(O)CCCCCCCCCCCCCCCC. The van der Waals surface area contributed by atoms with Crippen molar-refractivity contribution in [1.29, 1.82) is 0 Å². The monoisotopic (exact) mass is 898 g/mol. The van der Waals surface area contributed by atoms with E-state index in [1.165, 1.54) is 167 Å². The minimum absolute atomic E-state index is 0.0544. The Hall–Kier alpha value is -2.18. The second-order valence-corrected chi connectivity index (χ2v) is 19.0. The van der Waals surface area contributed by atoms with Crippen LogP contribution in [0, 0.1) is 0 Å². The lowest BCUT2D eigenvalue weighted by atomic mass is 10.0. The van der Waals surface area contributed by atoms with E-state index in [1.54, 1.807) is 0 Å². The van der Waals surface area contributed by atoms with Gasteiger partial charge in [0.2, 0.25) is 5.91 Å². The van der Waals surface area contributed by atoms with Crippen molar-refractivity contribution in [3.63, 3.8) is 0 Å². The predicted molar refractivity (Wildman–Crippen MR) is 278 cm³/mol. The van der Waals surface area contributed by atoms with E-state index < -0.39 is 18.2 Å². The first-order chi connectivity index (χ1) is 31.5. The largest absolute Gasteiger partial charge is 0.462 e. The van der Waals surface area contributed by atoms with Gasteiger partial charge in [0.1, 0.15) is 6.10 Å². The summed E-state index contributed by atoms with van der Waals surface area (Å²) in [5, 5.41) is 23.8. The van der Waals surface area contributed by atoms with Crippen molar-refractivity contribution in [2.75, 3.05) is 6.61 Å². The summed E-state index contributed by atoms with van der Waals surface area (Å²) in [6, 6.07) is -0.713. The molecule has 0 aliphatic carbocycles. The number of allylic oxidation sites excluding steroid dienone is 8. The summed E-state index contributed by atoms with van der Waals surface area (Å²) >= 11 is 0. The van der Waals surface area contributed by atoms with Gasteiger partial charge in [-0.15, -0.1) is 0 Å². The molecular formula is C58H107NO5. The summed E-state index contributed by atoms with van der Waals surface area (Å²) in [4.78, 5) is 26.2. The third kappa shape index (κ3) is 46.4. The molecule has 3 atom stereocenters. The minimum Gasteiger partial charge on any atom is -0.462 e. The molecule has 0 radical (unpaired) electrons. The predicted octanol–water partition coefficient (Wildman–Crippen LogP) is 17.0. The van der Waals surface area contributed by atoms with E-state index >= 15 is 0 Å². The molecule has 0 rings (SSSR count). The molecule has 3 unspecified atom stereocenters. The van der Waals surface area contributed by atoms with Gasteiger partial charge in [-0.2, -0.15) is 0 Å². The van der Waals surface area contributed by atoms with Crippen molar-refractivity contribution in [1.82, 2.24) is 5.32 Å². The van der Waals surface area contributed by atoms with Crippen LogP contribution in [0.2, 0.25) is 0 Å². The van der Waals surface area contributed by atoms with E-state index in [-0.39, 0.29) is 24.9 Å². The smallest absolute Gasteiger partial charge is 0.306 e. The number of hydrogen-bond donors (Lipinski definition) is 3. The van der Waals surface area contributed by atoms with Crippen LogP contribution < -0.4 is 5.32 Å². The number of unbranched alkanes of at least 4 members (excludes halogenated alkanes) is 32. The lowest BCUT2D eigenvalue weighted by molar-refractivity contribution is -0.151. The standard InChI is InChI=1S/C58H107NO5/c1-4-7-10-13-16-19-22-25-28-30-31-34-37-40-43-46-49-54(64-58(63)51-48-45-42-39-36-33-29-26-23-20-17-14-11-8-5-2)52-57(62)59-55(53-60)56(61)50-47-44-41-38-35-32-27-24-21-18-15-12-9-6-3/h20,22-23,25,28,30-31,34,54-56,60-61H,4-19,21,24,26-27,29,32-33,35-53H2,1-3H3,(H,59,62)/b23-20-,25-22+,30-28+,34-31+. The first-order valence-electron chi connectivity index (χ1n) is 27.9. The topological polar surface area (TPSA) is 95.9 Å². The molecule has 0 saturated carbocycles. The van der Waals surface area contributed by atoms with Gasteiger partial charge in [-0.25, -0.2) is 0 Å². The molecule has 0 heterocycles. The third-order valence-electron chi connectivity index (χ3n) is 12.7. The van der Waals surface area contributed by atoms with Crippen LogP contribution >= 0.6 is 0 Å². The molecule has 0 saturated heterocycles. The number of esters is 1. The molecule has 6 nitrogen and oxygen atoms in total. The number of aliphatic hydroxyl groups is 2. The van der Waals surface area contributed by atoms with Crippen LogP contribution in [0.15, 0.2) is 48.6 Å². The molecule has 3 N–H and O–H groups in total. The molecule has 0 aromatic carbocycles. The Kier molecular flexibility index (Phi) is 50.0. The van der Waals surface area contributed by atoms with Crippen molar-refractivity contribution in [3.8, 4) is 0 Å². The van der Waals surface area contributed by atoms with Crippen LogP contribution in [-0.2, 0) is 14.3 Å². The second kappa shape index (κ2) is 51.8. The first-order valence-corrected chi connectivity index (χ1v) is 27.9. The van der Waals surface area contributed by atoms with Gasteiger partial charge < -0.3 is 20.3 Å². The van der Waals surface area contributed by atoms with Crippen molar-refractivity contribution < 1.29 is 24.5 Å². The van der Waals surface area contributed by atoms with Gasteiger partial charge >= 0.3 is 5.97 Å². The first kappa shape index (κ1) is 61.8. The van der Waals surface area contributed by atoms with Gasteiger partial charge in [-0.1, -0.05) is 243 Å². The van der Waals surface area contributed by atoms with Crippen molar-refractivity contribution in [2.24, 2.45) is 0 Å². The summed E-state index contributed by atoms with van der Waals surface area (Å²) in [5.74, 6) is -0.504. The Balaban J connectivity index is 4.64. The molecule has 0 fully saturated rings. The zero-order chi connectivity index (χ0) is 46.7. The van der Waals surface area contributed by atoms with E-state index in [4.69, 9.17) is 4.74 Å². The number of carbonyl (C=O) groups excluding carboxylic acids is 2. The van der Waals surface area contributed by atoms with E-state index in [1.807, 2.05) is 0 Å². The number of nitrogens with one attached hydrogen (secondary N) is 1. The van der Waals surface area contributed by atoms with Crippen LogP contribution in [0.4, 0.5) is 0 Å². The summed E-state index contributed by atoms with van der Waals surface area (Å²) in [7, 11) is 0. The highest BCUT2D eigenvalue weighted by Crippen LogP contribution is 2.18. The maximum Gasteiger partial charge on any atom is 0.306 e. The summed E-state index contributed by atoms with van der Waals surface area (Å²) in [6.45, 7) is 6.46. The second-order valence-electron chi connectivity index (χ2n) is 19.0. The lowest BCUT2D eigenvalue weighted by Crippen LogP contribution is -2.46. The Labute approximate surface area is 397 Å². The van der Waals surface area contributed by atoms with E-state index in [9.17, 15) is 19.8 Å². The Morgan fingerprint density at radius 2 is 0.812 bits per heavy atom. The van der Waals surface area contributed by atoms with Gasteiger partial charge in [0, 0.05) is 6.42 Å². The molecule has 0 bridgehead atoms. The quantitative estimate of drug-likeness (QED) is 0.0245. The van der Waals surface area contributed by atoms with Crippen LogP contribution in [0.25, 0.3) is 0 Å². The molecule has 0 spiro atoms. The van der Waals surface area contributed by atoms with Gasteiger partial charge in [-0.3, -0.25) is 9.59 Å².